The summed E-state index contributed by atoms with van der Waals surface area (Å²) in [6, 6.07) is 10.1. The molecule has 1 saturated heterocycles. The van der Waals surface area contributed by atoms with E-state index in [4.69, 9.17) is 21.1 Å². The van der Waals surface area contributed by atoms with E-state index in [1.54, 1.807) is 0 Å². The quantitative estimate of drug-likeness (QED) is 0.435. The van der Waals surface area contributed by atoms with Crippen LogP contribution in [0.15, 0.2) is 41.3 Å². The van der Waals surface area contributed by atoms with Crippen molar-refractivity contribution in [2.45, 2.75) is 44.4 Å². The highest BCUT2D eigenvalue weighted by atomic mass is 35.5. The van der Waals surface area contributed by atoms with Gasteiger partial charge in [-0.25, -0.2) is 13.2 Å². The van der Waals surface area contributed by atoms with Crippen LogP contribution < -0.4 is 4.74 Å². The van der Waals surface area contributed by atoms with E-state index in [9.17, 15) is 13.2 Å². The molecule has 168 valence electrons. The molecular weight excluding hydrogens is 438 g/mol. The fraction of sp³-hybridized carbons (Fsp3) is 0.435. The molecule has 1 aliphatic rings. The number of carbonyl (C=O) groups is 1. The lowest BCUT2D eigenvalue weighted by molar-refractivity contribution is 0.0449. The number of para-hydroxylation sites is 1. The average Bonchev–Trinajstić information content (AvgIpc) is 3.03. The predicted molar refractivity (Wildman–Crippen MR) is 120 cm³/mol. The summed E-state index contributed by atoms with van der Waals surface area (Å²) >= 11 is 6.19. The van der Waals surface area contributed by atoms with Crippen LogP contribution >= 0.6 is 11.6 Å². The highest BCUT2D eigenvalue weighted by Crippen LogP contribution is 2.28. The lowest BCUT2D eigenvalue weighted by atomic mass is 10.1. The van der Waals surface area contributed by atoms with Crippen molar-refractivity contribution in [2.75, 3.05) is 26.3 Å². The third-order valence-electron chi connectivity index (χ3n) is 5.32. The molecule has 0 unspecified atom stereocenters. The zero-order valence-corrected chi connectivity index (χ0v) is 19.5. The van der Waals surface area contributed by atoms with Gasteiger partial charge in [-0.2, -0.15) is 4.31 Å². The minimum Gasteiger partial charge on any atom is -0.489 e. The van der Waals surface area contributed by atoms with Gasteiger partial charge in [0.1, 0.15) is 23.9 Å². The van der Waals surface area contributed by atoms with E-state index < -0.39 is 16.0 Å². The standard InChI is InChI=1S/C23H28ClNO5S/c1-17-8-7-9-18(2)22(17)29-14-15-30-23(26)19-10-11-20(24)21(16-19)31(27,28)25-12-5-3-4-6-13-25/h7-11,16H,3-6,12-15H2,1-2H3. The topological polar surface area (TPSA) is 72.9 Å². The summed E-state index contributed by atoms with van der Waals surface area (Å²) in [5, 5.41) is 0.0964. The van der Waals surface area contributed by atoms with Crippen LogP contribution in [0.1, 0.15) is 47.2 Å². The summed E-state index contributed by atoms with van der Waals surface area (Å²) in [5.41, 5.74) is 2.16. The van der Waals surface area contributed by atoms with E-state index in [2.05, 4.69) is 0 Å². The molecule has 1 heterocycles. The second-order valence-electron chi connectivity index (χ2n) is 7.67. The highest BCUT2D eigenvalue weighted by Gasteiger charge is 2.28. The number of carbonyl (C=O) groups excluding carboxylic acids is 1. The molecule has 0 saturated carbocycles. The van der Waals surface area contributed by atoms with Crippen molar-refractivity contribution in [2.24, 2.45) is 0 Å². The first kappa shape index (κ1) is 23.6. The van der Waals surface area contributed by atoms with Crippen molar-refractivity contribution >= 4 is 27.6 Å². The SMILES string of the molecule is Cc1cccc(C)c1OCCOC(=O)c1ccc(Cl)c(S(=O)(=O)N2CCCCCC2)c1. The smallest absolute Gasteiger partial charge is 0.338 e. The number of sulfonamides is 1. The molecule has 0 aromatic heterocycles. The Bertz CT molecular complexity index is 1010. The van der Waals surface area contributed by atoms with Crippen molar-refractivity contribution in [3.63, 3.8) is 0 Å². The number of halogens is 1. The van der Waals surface area contributed by atoms with Gasteiger partial charge in [-0.15, -0.1) is 0 Å². The molecule has 0 atom stereocenters. The van der Waals surface area contributed by atoms with Crippen LogP contribution in [0, 0.1) is 13.8 Å². The van der Waals surface area contributed by atoms with Crippen LogP contribution in [0.25, 0.3) is 0 Å². The van der Waals surface area contributed by atoms with Gasteiger partial charge in [0.2, 0.25) is 10.0 Å². The molecule has 8 heteroatoms. The van der Waals surface area contributed by atoms with E-state index in [1.165, 1.54) is 22.5 Å². The van der Waals surface area contributed by atoms with Crippen LogP contribution in [0.3, 0.4) is 0 Å². The Morgan fingerprint density at radius 3 is 2.29 bits per heavy atom. The number of hydrogen-bond acceptors (Lipinski definition) is 5. The third-order valence-corrected chi connectivity index (χ3v) is 7.70. The second kappa shape index (κ2) is 10.5. The molecular formula is C23H28ClNO5S. The average molecular weight is 466 g/mol. The lowest BCUT2D eigenvalue weighted by Crippen LogP contribution is -2.32. The first-order valence-corrected chi connectivity index (χ1v) is 12.3. The van der Waals surface area contributed by atoms with E-state index in [0.717, 1.165) is 42.6 Å². The van der Waals surface area contributed by atoms with E-state index in [1.807, 2.05) is 32.0 Å². The number of aryl methyl sites for hydroxylation is 2. The minimum atomic E-state index is -3.77. The number of hydrogen-bond donors (Lipinski definition) is 0. The number of benzene rings is 2. The van der Waals surface area contributed by atoms with Gasteiger partial charge in [0.15, 0.2) is 0 Å². The van der Waals surface area contributed by atoms with Gasteiger partial charge < -0.3 is 9.47 Å². The Labute approximate surface area is 189 Å². The molecule has 1 fully saturated rings. The van der Waals surface area contributed by atoms with E-state index in [-0.39, 0.29) is 28.7 Å². The summed E-state index contributed by atoms with van der Waals surface area (Å²) in [5.74, 6) is 0.157. The van der Waals surface area contributed by atoms with E-state index >= 15 is 0 Å². The molecule has 0 amide bonds. The molecule has 0 radical (unpaired) electrons. The summed E-state index contributed by atoms with van der Waals surface area (Å²) < 4.78 is 38.7. The molecule has 0 N–H and O–H groups in total. The monoisotopic (exact) mass is 465 g/mol. The van der Waals surface area contributed by atoms with Crippen molar-refractivity contribution < 1.29 is 22.7 Å². The molecule has 6 nitrogen and oxygen atoms in total. The Morgan fingerprint density at radius 2 is 1.65 bits per heavy atom. The maximum atomic E-state index is 13.1. The van der Waals surface area contributed by atoms with Crippen LogP contribution in [0.2, 0.25) is 5.02 Å². The van der Waals surface area contributed by atoms with E-state index in [0.29, 0.717) is 13.1 Å². The Kier molecular flexibility index (Phi) is 7.97. The number of nitrogens with zero attached hydrogens (tertiary/aromatic N) is 1. The molecule has 0 aliphatic carbocycles. The first-order chi connectivity index (χ1) is 14.8. The molecule has 0 spiro atoms. The molecule has 1 aliphatic heterocycles. The Balaban J connectivity index is 1.65. The van der Waals surface area contributed by atoms with Gasteiger partial charge in [0.25, 0.3) is 0 Å². The molecule has 0 bridgehead atoms. The minimum absolute atomic E-state index is 0.0451. The summed E-state index contributed by atoms with van der Waals surface area (Å²) in [4.78, 5) is 12.4. The van der Waals surface area contributed by atoms with Crippen molar-refractivity contribution in [1.82, 2.24) is 4.31 Å². The van der Waals surface area contributed by atoms with Gasteiger partial charge in [-0.3, -0.25) is 0 Å². The number of rotatable bonds is 7. The second-order valence-corrected chi connectivity index (χ2v) is 9.98. The first-order valence-electron chi connectivity index (χ1n) is 10.5. The summed E-state index contributed by atoms with van der Waals surface area (Å²) in [6.45, 7) is 5.07. The number of esters is 1. The zero-order valence-electron chi connectivity index (χ0n) is 17.9. The fourth-order valence-corrected chi connectivity index (χ4v) is 5.65. The largest absolute Gasteiger partial charge is 0.489 e. The molecule has 3 rings (SSSR count). The lowest BCUT2D eigenvalue weighted by Gasteiger charge is -2.21. The van der Waals surface area contributed by atoms with Gasteiger partial charge in [0, 0.05) is 13.1 Å². The van der Waals surface area contributed by atoms with Crippen LogP contribution in [-0.2, 0) is 14.8 Å². The maximum absolute atomic E-state index is 13.1. The van der Waals surface area contributed by atoms with Crippen LogP contribution in [0.5, 0.6) is 5.75 Å². The maximum Gasteiger partial charge on any atom is 0.338 e. The molecule has 2 aromatic rings. The van der Waals surface area contributed by atoms with Crippen molar-refractivity contribution in [3.8, 4) is 5.75 Å². The van der Waals surface area contributed by atoms with Gasteiger partial charge in [0.05, 0.1) is 10.6 Å². The van der Waals surface area contributed by atoms with Gasteiger partial charge in [-0.05, 0) is 56.0 Å². The Hall–Kier alpha value is -2.09. The zero-order chi connectivity index (χ0) is 22.4. The summed E-state index contributed by atoms with van der Waals surface area (Å²) in [6.07, 6.45) is 3.66. The highest BCUT2D eigenvalue weighted by molar-refractivity contribution is 7.89. The Morgan fingerprint density at radius 1 is 1.00 bits per heavy atom. The van der Waals surface area contributed by atoms with Gasteiger partial charge >= 0.3 is 5.97 Å². The van der Waals surface area contributed by atoms with Crippen LogP contribution in [-0.4, -0.2) is 45.0 Å². The van der Waals surface area contributed by atoms with Crippen molar-refractivity contribution in [3.05, 3.63) is 58.1 Å². The van der Waals surface area contributed by atoms with Crippen LogP contribution in [0.4, 0.5) is 0 Å². The predicted octanol–water partition coefficient (Wildman–Crippen LogP) is 4.76. The normalized spacial score (nSPS) is 15.3. The molecule has 2 aromatic carbocycles. The van der Waals surface area contributed by atoms with Crippen molar-refractivity contribution in [1.29, 1.82) is 0 Å². The molecule has 31 heavy (non-hydrogen) atoms. The fourth-order valence-electron chi connectivity index (χ4n) is 3.64. The summed E-state index contributed by atoms with van der Waals surface area (Å²) in [7, 11) is -3.77. The third kappa shape index (κ3) is 5.79. The van der Waals surface area contributed by atoms with Gasteiger partial charge in [-0.1, -0.05) is 42.6 Å². The number of ether oxygens (including phenoxy) is 2.